The van der Waals surface area contributed by atoms with E-state index in [-0.39, 0.29) is 22.4 Å². The second-order valence-electron chi connectivity index (χ2n) is 6.91. The van der Waals surface area contributed by atoms with Gasteiger partial charge in [-0.25, -0.2) is 4.39 Å². The summed E-state index contributed by atoms with van der Waals surface area (Å²) in [5.74, 6) is 0.443. The van der Waals surface area contributed by atoms with Crippen LogP contribution in [0.25, 0.3) is 0 Å². The number of hydrogen-bond donors (Lipinski definition) is 0. The van der Waals surface area contributed by atoms with Gasteiger partial charge in [0.1, 0.15) is 19.0 Å². The van der Waals surface area contributed by atoms with Crippen molar-refractivity contribution >= 4 is 23.4 Å². The van der Waals surface area contributed by atoms with Crippen LogP contribution in [0.2, 0.25) is 5.02 Å². The molecule has 0 spiro atoms. The summed E-state index contributed by atoms with van der Waals surface area (Å²) in [5.41, 5.74) is 0.673. The smallest absolute Gasteiger partial charge is 0.255 e. The van der Waals surface area contributed by atoms with E-state index in [1.807, 2.05) is 0 Å². The third kappa shape index (κ3) is 3.87. The second kappa shape index (κ2) is 8.39. The molecular formula is C21H20ClFN2O5. The van der Waals surface area contributed by atoms with Crippen LogP contribution in [0.4, 0.5) is 4.39 Å². The van der Waals surface area contributed by atoms with Gasteiger partial charge in [0.05, 0.1) is 17.7 Å². The van der Waals surface area contributed by atoms with Gasteiger partial charge in [-0.15, -0.1) is 0 Å². The summed E-state index contributed by atoms with van der Waals surface area (Å²) in [6.07, 6.45) is 0. The van der Waals surface area contributed by atoms with Crippen molar-refractivity contribution < 1.29 is 28.2 Å². The third-order valence-corrected chi connectivity index (χ3v) is 5.40. The topological polar surface area (TPSA) is 68.3 Å². The summed E-state index contributed by atoms with van der Waals surface area (Å²) < 4.78 is 29.7. The maximum absolute atomic E-state index is 13.2. The molecule has 0 N–H and O–H groups in total. The normalized spacial score (nSPS) is 15.7. The number of ether oxygens (including phenoxy) is 3. The van der Waals surface area contributed by atoms with Gasteiger partial charge in [-0.1, -0.05) is 11.6 Å². The van der Waals surface area contributed by atoms with E-state index in [9.17, 15) is 14.0 Å². The molecule has 9 heteroatoms. The van der Waals surface area contributed by atoms with Crippen molar-refractivity contribution in [1.29, 1.82) is 0 Å². The number of halogens is 2. The lowest BCUT2D eigenvalue weighted by Crippen LogP contribution is -2.50. The number of hydrogen-bond acceptors (Lipinski definition) is 5. The molecule has 2 amide bonds. The average Bonchev–Trinajstić information content (AvgIpc) is 2.77. The molecule has 1 fully saturated rings. The van der Waals surface area contributed by atoms with E-state index in [0.717, 1.165) is 6.07 Å². The standard InChI is InChI=1S/C21H20ClFN2O5/c1-28-17-10-13(11-18-19(17)30-9-8-29-18)20(26)24-4-6-25(7-5-24)21(27)15-3-2-14(23)12-16(15)22/h2-3,10-12H,4-9H2,1H3. The monoisotopic (exact) mass is 434 g/mol. The number of benzene rings is 2. The van der Waals surface area contributed by atoms with Crippen LogP contribution < -0.4 is 14.2 Å². The first kappa shape index (κ1) is 20.3. The largest absolute Gasteiger partial charge is 0.493 e. The summed E-state index contributed by atoms with van der Waals surface area (Å²) in [4.78, 5) is 29.0. The molecule has 2 aromatic rings. The zero-order chi connectivity index (χ0) is 21.3. The van der Waals surface area contributed by atoms with Crippen molar-refractivity contribution in [2.24, 2.45) is 0 Å². The lowest BCUT2D eigenvalue weighted by molar-refractivity contribution is 0.0535. The minimum Gasteiger partial charge on any atom is -0.493 e. The zero-order valence-corrected chi connectivity index (χ0v) is 17.1. The maximum atomic E-state index is 13.2. The lowest BCUT2D eigenvalue weighted by Gasteiger charge is -2.35. The molecule has 0 saturated carbocycles. The van der Waals surface area contributed by atoms with Gasteiger partial charge in [-0.05, 0) is 30.3 Å². The summed E-state index contributed by atoms with van der Waals surface area (Å²) in [6, 6.07) is 6.97. The van der Waals surface area contributed by atoms with E-state index in [2.05, 4.69) is 0 Å². The van der Waals surface area contributed by atoms with E-state index in [4.69, 9.17) is 25.8 Å². The number of carbonyl (C=O) groups excluding carboxylic acids is 2. The van der Waals surface area contributed by atoms with Gasteiger partial charge >= 0.3 is 0 Å². The number of amides is 2. The van der Waals surface area contributed by atoms with Crippen molar-refractivity contribution in [3.63, 3.8) is 0 Å². The highest BCUT2D eigenvalue weighted by molar-refractivity contribution is 6.33. The molecule has 0 radical (unpaired) electrons. The number of piperazine rings is 1. The predicted octanol–water partition coefficient (Wildman–Crippen LogP) is 2.86. The third-order valence-electron chi connectivity index (χ3n) is 5.09. The van der Waals surface area contributed by atoms with Crippen LogP contribution in [0.1, 0.15) is 20.7 Å². The van der Waals surface area contributed by atoms with E-state index in [1.165, 1.54) is 19.2 Å². The SMILES string of the molecule is COc1cc(C(=O)N2CCN(C(=O)c3ccc(F)cc3Cl)CC2)cc2c1OCCO2. The van der Waals surface area contributed by atoms with Crippen molar-refractivity contribution in [3.05, 3.63) is 52.3 Å². The first-order valence-corrected chi connectivity index (χ1v) is 9.87. The molecule has 158 valence electrons. The molecular weight excluding hydrogens is 415 g/mol. The van der Waals surface area contributed by atoms with Crippen molar-refractivity contribution in [3.8, 4) is 17.2 Å². The Morgan fingerprint density at radius 3 is 2.33 bits per heavy atom. The highest BCUT2D eigenvalue weighted by Gasteiger charge is 2.28. The zero-order valence-electron chi connectivity index (χ0n) is 16.3. The van der Waals surface area contributed by atoms with Gasteiger partial charge in [-0.2, -0.15) is 0 Å². The molecule has 0 bridgehead atoms. The predicted molar refractivity (Wildman–Crippen MR) is 107 cm³/mol. The van der Waals surface area contributed by atoms with Crippen molar-refractivity contribution in [2.45, 2.75) is 0 Å². The fraction of sp³-hybridized carbons (Fsp3) is 0.333. The van der Waals surface area contributed by atoms with Gasteiger partial charge < -0.3 is 24.0 Å². The number of nitrogens with zero attached hydrogens (tertiary/aromatic N) is 2. The minimum absolute atomic E-state index is 0.0712. The Morgan fingerprint density at radius 1 is 1.00 bits per heavy atom. The van der Waals surface area contributed by atoms with E-state index < -0.39 is 5.82 Å². The highest BCUT2D eigenvalue weighted by Crippen LogP contribution is 2.40. The van der Waals surface area contributed by atoms with Gasteiger partial charge in [0.2, 0.25) is 5.75 Å². The molecule has 0 aromatic heterocycles. The lowest BCUT2D eigenvalue weighted by atomic mass is 10.1. The first-order chi connectivity index (χ1) is 14.5. The van der Waals surface area contributed by atoms with E-state index in [1.54, 1.807) is 21.9 Å². The van der Waals surface area contributed by atoms with Crippen LogP contribution in [0, 0.1) is 5.82 Å². The first-order valence-electron chi connectivity index (χ1n) is 9.49. The Bertz CT molecular complexity index is 974. The van der Waals surface area contributed by atoms with E-state index >= 15 is 0 Å². The van der Waals surface area contributed by atoms with Crippen molar-refractivity contribution in [1.82, 2.24) is 9.80 Å². The molecule has 2 heterocycles. The number of methoxy groups -OCH3 is 1. The van der Waals surface area contributed by atoms with Gasteiger partial charge in [-0.3, -0.25) is 9.59 Å². The fourth-order valence-corrected chi connectivity index (χ4v) is 3.77. The Morgan fingerprint density at radius 2 is 1.67 bits per heavy atom. The molecule has 2 aliphatic rings. The number of fused-ring (bicyclic) bond motifs is 1. The number of rotatable bonds is 3. The van der Waals surface area contributed by atoms with Gasteiger partial charge in [0, 0.05) is 31.7 Å². The summed E-state index contributed by atoms with van der Waals surface area (Å²) >= 11 is 6.00. The van der Waals surface area contributed by atoms with Crippen LogP contribution in [-0.2, 0) is 0 Å². The number of carbonyl (C=O) groups is 2. The molecule has 0 atom stereocenters. The minimum atomic E-state index is -0.498. The maximum Gasteiger partial charge on any atom is 0.255 e. The summed E-state index contributed by atoms with van der Waals surface area (Å²) in [7, 11) is 1.51. The Kier molecular flexibility index (Phi) is 5.67. The van der Waals surface area contributed by atoms with Gasteiger partial charge in [0.15, 0.2) is 11.5 Å². The molecule has 0 aliphatic carbocycles. The van der Waals surface area contributed by atoms with Crippen LogP contribution in [0.5, 0.6) is 17.2 Å². The molecule has 1 saturated heterocycles. The quantitative estimate of drug-likeness (QED) is 0.743. The Labute approximate surface area is 177 Å². The van der Waals surface area contributed by atoms with E-state index in [0.29, 0.717) is 62.2 Å². The molecule has 2 aliphatic heterocycles. The Balaban J connectivity index is 1.45. The van der Waals surface area contributed by atoms with Crippen LogP contribution in [-0.4, -0.2) is 68.1 Å². The van der Waals surface area contributed by atoms with Gasteiger partial charge in [0.25, 0.3) is 11.8 Å². The van der Waals surface area contributed by atoms with Crippen LogP contribution in [0.15, 0.2) is 30.3 Å². The van der Waals surface area contributed by atoms with Crippen LogP contribution >= 0.6 is 11.6 Å². The fourth-order valence-electron chi connectivity index (χ4n) is 3.53. The summed E-state index contributed by atoms with van der Waals surface area (Å²) in [5, 5.41) is 0.0712. The molecule has 0 unspecified atom stereocenters. The van der Waals surface area contributed by atoms with Crippen LogP contribution in [0.3, 0.4) is 0 Å². The average molecular weight is 435 g/mol. The summed E-state index contributed by atoms with van der Waals surface area (Å²) in [6.45, 7) is 2.24. The molecule has 4 rings (SSSR count). The Hall–Kier alpha value is -3.00. The molecule has 30 heavy (non-hydrogen) atoms. The molecule has 7 nitrogen and oxygen atoms in total. The highest BCUT2D eigenvalue weighted by atomic mass is 35.5. The molecule has 2 aromatic carbocycles. The van der Waals surface area contributed by atoms with Crippen molar-refractivity contribution in [2.75, 3.05) is 46.5 Å². The second-order valence-corrected chi connectivity index (χ2v) is 7.32.